The molecule has 5 nitrogen and oxygen atoms in total. The molecule has 1 aromatic carbocycles. The topological polar surface area (TPSA) is 66.6 Å². The SMILES string of the molecule is CCN1CCN(S(=O)(=O)c2c(N)cccc2F)CC1. The predicted octanol–water partition coefficient (Wildman–Crippen LogP) is 0.734. The fourth-order valence-electron chi connectivity index (χ4n) is 2.21. The third kappa shape index (κ3) is 2.72. The number of anilines is 1. The molecule has 0 bridgehead atoms. The van der Waals surface area contributed by atoms with Gasteiger partial charge in [0, 0.05) is 26.2 Å². The highest BCUT2D eigenvalue weighted by atomic mass is 32.2. The Balaban J connectivity index is 2.29. The smallest absolute Gasteiger partial charge is 0.248 e. The number of sulfonamides is 1. The number of halogens is 1. The molecule has 2 N–H and O–H groups in total. The molecule has 1 aromatic rings. The van der Waals surface area contributed by atoms with Gasteiger partial charge in [-0.25, -0.2) is 12.8 Å². The lowest BCUT2D eigenvalue weighted by atomic mass is 10.3. The van der Waals surface area contributed by atoms with Crippen LogP contribution < -0.4 is 5.73 Å². The summed E-state index contributed by atoms with van der Waals surface area (Å²) in [5, 5.41) is 0. The second kappa shape index (κ2) is 5.44. The number of benzene rings is 1. The molecule has 1 aliphatic rings. The molecule has 0 saturated carbocycles. The minimum atomic E-state index is -3.85. The zero-order valence-corrected chi connectivity index (χ0v) is 11.7. The van der Waals surface area contributed by atoms with Gasteiger partial charge in [-0.15, -0.1) is 0 Å². The Bertz CT molecular complexity index is 534. The van der Waals surface area contributed by atoms with Gasteiger partial charge in [-0.1, -0.05) is 13.0 Å². The Labute approximate surface area is 112 Å². The molecule has 0 aromatic heterocycles. The van der Waals surface area contributed by atoms with Gasteiger partial charge in [-0.2, -0.15) is 4.31 Å². The number of nitrogens with two attached hydrogens (primary N) is 1. The summed E-state index contributed by atoms with van der Waals surface area (Å²) in [5.74, 6) is -0.794. The summed E-state index contributed by atoms with van der Waals surface area (Å²) >= 11 is 0. The minimum Gasteiger partial charge on any atom is -0.398 e. The van der Waals surface area contributed by atoms with E-state index >= 15 is 0 Å². The highest BCUT2D eigenvalue weighted by molar-refractivity contribution is 7.89. The first-order valence-electron chi connectivity index (χ1n) is 6.23. The molecule has 1 fully saturated rings. The van der Waals surface area contributed by atoms with Crippen LogP contribution in [0.15, 0.2) is 23.1 Å². The maximum absolute atomic E-state index is 13.7. The zero-order chi connectivity index (χ0) is 14.0. The molecule has 1 saturated heterocycles. The van der Waals surface area contributed by atoms with E-state index in [9.17, 15) is 12.8 Å². The van der Waals surface area contributed by atoms with Gasteiger partial charge in [-0.3, -0.25) is 0 Å². The highest BCUT2D eigenvalue weighted by Gasteiger charge is 2.31. The lowest BCUT2D eigenvalue weighted by molar-refractivity contribution is 0.196. The van der Waals surface area contributed by atoms with Crippen LogP contribution in [0, 0.1) is 5.82 Å². The highest BCUT2D eigenvalue weighted by Crippen LogP contribution is 2.25. The first-order chi connectivity index (χ1) is 8.96. The van der Waals surface area contributed by atoms with Gasteiger partial charge < -0.3 is 10.6 Å². The quantitative estimate of drug-likeness (QED) is 0.833. The van der Waals surface area contributed by atoms with Crippen molar-refractivity contribution in [2.24, 2.45) is 0 Å². The summed E-state index contributed by atoms with van der Waals surface area (Å²) in [6.45, 7) is 4.96. The Morgan fingerprint density at radius 3 is 2.42 bits per heavy atom. The number of piperazine rings is 1. The van der Waals surface area contributed by atoms with Crippen LogP contribution in [0.2, 0.25) is 0 Å². The number of hydrogen-bond donors (Lipinski definition) is 1. The molecular formula is C12H18FN3O2S. The van der Waals surface area contributed by atoms with E-state index < -0.39 is 20.7 Å². The molecule has 19 heavy (non-hydrogen) atoms. The van der Waals surface area contributed by atoms with Crippen LogP contribution in [-0.2, 0) is 10.0 Å². The average molecular weight is 287 g/mol. The van der Waals surface area contributed by atoms with E-state index in [1.54, 1.807) is 0 Å². The summed E-state index contributed by atoms with van der Waals surface area (Å²) in [5.41, 5.74) is 5.57. The fraction of sp³-hybridized carbons (Fsp3) is 0.500. The summed E-state index contributed by atoms with van der Waals surface area (Å²) in [7, 11) is -3.85. The van der Waals surface area contributed by atoms with Crippen molar-refractivity contribution < 1.29 is 12.8 Å². The summed E-state index contributed by atoms with van der Waals surface area (Å²) < 4.78 is 39.9. The van der Waals surface area contributed by atoms with Gasteiger partial charge in [-0.05, 0) is 18.7 Å². The van der Waals surface area contributed by atoms with E-state index in [2.05, 4.69) is 4.90 Å². The molecule has 7 heteroatoms. The van der Waals surface area contributed by atoms with Crippen LogP contribution in [0.5, 0.6) is 0 Å². The van der Waals surface area contributed by atoms with Crippen molar-refractivity contribution in [3.05, 3.63) is 24.0 Å². The number of rotatable bonds is 3. The van der Waals surface area contributed by atoms with Crippen molar-refractivity contribution in [2.45, 2.75) is 11.8 Å². The van der Waals surface area contributed by atoms with Gasteiger partial charge in [0.15, 0.2) is 0 Å². The van der Waals surface area contributed by atoms with Crippen LogP contribution in [0.3, 0.4) is 0 Å². The normalized spacial score (nSPS) is 18.6. The van der Waals surface area contributed by atoms with Gasteiger partial charge in [0.05, 0.1) is 5.69 Å². The number of likely N-dealkylation sites (N-methyl/N-ethyl adjacent to an activating group) is 1. The molecule has 106 valence electrons. The molecular weight excluding hydrogens is 269 g/mol. The second-order valence-electron chi connectivity index (χ2n) is 4.50. The van der Waals surface area contributed by atoms with E-state index in [-0.39, 0.29) is 5.69 Å². The number of hydrogen-bond acceptors (Lipinski definition) is 4. The molecule has 0 unspecified atom stereocenters. The predicted molar refractivity (Wildman–Crippen MR) is 71.7 cm³/mol. The third-order valence-corrected chi connectivity index (χ3v) is 5.37. The Morgan fingerprint density at radius 1 is 1.26 bits per heavy atom. The summed E-state index contributed by atoms with van der Waals surface area (Å²) in [6.07, 6.45) is 0. The molecule has 0 radical (unpaired) electrons. The van der Waals surface area contributed by atoms with E-state index in [0.29, 0.717) is 26.2 Å². The molecule has 0 amide bonds. The monoisotopic (exact) mass is 287 g/mol. The second-order valence-corrected chi connectivity index (χ2v) is 6.37. The van der Waals surface area contributed by atoms with Gasteiger partial charge in [0.1, 0.15) is 10.7 Å². The maximum atomic E-state index is 13.7. The largest absolute Gasteiger partial charge is 0.398 e. The van der Waals surface area contributed by atoms with Crippen molar-refractivity contribution in [1.29, 1.82) is 0 Å². The lowest BCUT2D eigenvalue weighted by Crippen LogP contribution is -2.48. The van der Waals surface area contributed by atoms with Gasteiger partial charge >= 0.3 is 0 Å². The van der Waals surface area contributed by atoms with Crippen LogP contribution >= 0.6 is 0 Å². The van der Waals surface area contributed by atoms with Crippen molar-refractivity contribution in [3.8, 4) is 0 Å². The first kappa shape index (κ1) is 14.2. The fourth-order valence-corrected chi connectivity index (χ4v) is 3.80. The Kier molecular flexibility index (Phi) is 4.07. The maximum Gasteiger partial charge on any atom is 0.248 e. The molecule has 2 rings (SSSR count). The molecule has 0 spiro atoms. The average Bonchev–Trinajstić information content (AvgIpc) is 2.38. The first-order valence-corrected chi connectivity index (χ1v) is 7.67. The van der Waals surface area contributed by atoms with Crippen molar-refractivity contribution >= 4 is 15.7 Å². The summed E-state index contributed by atoms with van der Waals surface area (Å²) in [6, 6.07) is 3.92. The van der Waals surface area contributed by atoms with E-state index in [4.69, 9.17) is 5.73 Å². The standard InChI is InChI=1S/C12H18FN3O2S/c1-2-15-6-8-16(9-7-15)19(17,18)12-10(13)4-3-5-11(12)14/h3-5H,2,6-9,14H2,1H3. The third-order valence-electron chi connectivity index (χ3n) is 3.37. The van der Waals surface area contributed by atoms with E-state index in [1.165, 1.54) is 16.4 Å². The van der Waals surface area contributed by atoms with Crippen molar-refractivity contribution in [3.63, 3.8) is 0 Å². The van der Waals surface area contributed by atoms with Crippen LogP contribution in [0.25, 0.3) is 0 Å². The lowest BCUT2D eigenvalue weighted by Gasteiger charge is -2.33. The van der Waals surface area contributed by atoms with Crippen LogP contribution in [-0.4, -0.2) is 50.3 Å². The van der Waals surface area contributed by atoms with E-state index in [0.717, 1.165) is 12.6 Å². The Morgan fingerprint density at radius 2 is 1.89 bits per heavy atom. The molecule has 0 aliphatic carbocycles. The molecule has 1 heterocycles. The van der Waals surface area contributed by atoms with Gasteiger partial charge in [0.2, 0.25) is 10.0 Å². The number of nitrogen functional groups attached to an aromatic ring is 1. The van der Waals surface area contributed by atoms with Crippen LogP contribution in [0.4, 0.5) is 10.1 Å². The Hall–Kier alpha value is -1.18. The zero-order valence-electron chi connectivity index (χ0n) is 10.8. The molecule has 0 atom stereocenters. The van der Waals surface area contributed by atoms with Crippen molar-refractivity contribution in [2.75, 3.05) is 38.5 Å². The number of nitrogens with zero attached hydrogens (tertiary/aromatic N) is 2. The van der Waals surface area contributed by atoms with Crippen LogP contribution in [0.1, 0.15) is 6.92 Å². The summed E-state index contributed by atoms with van der Waals surface area (Å²) in [4.78, 5) is 1.75. The minimum absolute atomic E-state index is 0.0436. The van der Waals surface area contributed by atoms with E-state index in [1.807, 2.05) is 6.92 Å². The molecule has 1 aliphatic heterocycles. The van der Waals surface area contributed by atoms with Crippen molar-refractivity contribution in [1.82, 2.24) is 9.21 Å². The van der Waals surface area contributed by atoms with Gasteiger partial charge in [0.25, 0.3) is 0 Å².